The van der Waals surface area contributed by atoms with Crippen molar-refractivity contribution in [1.82, 2.24) is 29.5 Å². The maximum Gasteiger partial charge on any atom is 0.237 e. The summed E-state index contributed by atoms with van der Waals surface area (Å²) in [5.74, 6) is 5.31. The molecule has 4 aromatic heterocycles. The molecule has 0 bridgehead atoms. The summed E-state index contributed by atoms with van der Waals surface area (Å²) in [6.45, 7) is 4.19. The van der Waals surface area contributed by atoms with Crippen molar-refractivity contribution in [2.24, 2.45) is 0 Å². The zero-order valence-corrected chi connectivity index (χ0v) is 27.9. The predicted molar refractivity (Wildman–Crippen MR) is 195 cm³/mol. The topological polar surface area (TPSA) is 106 Å². The molecule has 51 heavy (non-hydrogen) atoms. The van der Waals surface area contributed by atoms with Crippen LogP contribution in [0.25, 0.3) is 27.8 Å². The van der Waals surface area contributed by atoms with Crippen LogP contribution in [0, 0.1) is 0 Å². The first kappa shape index (κ1) is 31.5. The molecule has 4 aromatic carbocycles. The fourth-order valence-corrected chi connectivity index (χ4v) is 5.84. The minimum Gasteiger partial charge on any atom is -0.457 e. The van der Waals surface area contributed by atoms with Crippen molar-refractivity contribution in [1.29, 1.82) is 0 Å². The Morgan fingerprint density at radius 3 is 1.39 bits per heavy atom. The van der Waals surface area contributed by atoms with Gasteiger partial charge in [-0.15, -0.1) is 0 Å². The standard InChI is InChI=1S/C41H32N6O4/c1-3-27-15-17-43-39(19-27)50-31-9-5-7-29(21-31)48-33-11-13-35-36-14-12-34(24-38(36)47(37(35)23-33)41-45-25-42-26-46-41)49-30-8-6-10-32(22-30)51-40-20-28(4-2)16-18-44-40/h5-26H,3-4H2,1-2H3. The van der Waals surface area contributed by atoms with Crippen LogP contribution in [0.1, 0.15) is 25.0 Å². The van der Waals surface area contributed by atoms with E-state index in [-0.39, 0.29) is 0 Å². The number of nitrogens with zero attached hydrogens (tertiary/aromatic N) is 6. The molecule has 0 amide bonds. The van der Waals surface area contributed by atoms with E-state index in [1.165, 1.54) is 12.7 Å². The van der Waals surface area contributed by atoms with E-state index >= 15 is 0 Å². The molecule has 4 heterocycles. The molecule has 8 rings (SSSR count). The summed E-state index contributed by atoms with van der Waals surface area (Å²) in [5, 5.41) is 2.00. The summed E-state index contributed by atoms with van der Waals surface area (Å²) in [6.07, 6.45) is 8.27. The van der Waals surface area contributed by atoms with Crippen molar-refractivity contribution in [3.8, 4) is 52.2 Å². The van der Waals surface area contributed by atoms with Crippen LogP contribution >= 0.6 is 0 Å². The summed E-state index contributed by atoms with van der Waals surface area (Å²) in [7, 11) is 0. The van der Waals surface area contributed by atoms with Gasteiger partial charge in [-0.05, 0) is 84.6 Å². The first-order valence-electron chi connectivity index (χ1n) is 16.6. The zero-order chi connectivity index (χ0) is 34.6. The number of rotatable bonds is 11. The van der Waals surface area contributed by atoms with E-state index in [2.05, 4.69) is 38.8 Å². The van der Waals surface area contributed by atoms with Gasteiger partial charge in [0.25, 0.3) is 0 Å². The Labute approximate surface area is 294 Å². The van der Waals surface area contributed by atoms with Crippen LogP contribution in [0.3, 0.4) is 0 Å². The van der Waals surface area contributed by atoms with E-state index < -0.39 is 0 Å². The van der Waals surface area contributed by atoms with Gasteiger partial charge in [0.2, 0.25) is 17.7 Å². The molecular weight excluding hydrogens is 640 g/mol. The van der Waals surface area contributed by atoms with Crippen LogP contribution in [-0.4, -0.2) is 29.5 Å². The van der Waals surface area contributed by atoms with Gasteiger partial charge in [0.1, 0.15) is 47.2 Å². The molecule has 10 heteroatoms. The minimum atomic E-state index is 0.466. The van der Waals surface area contributed by atoms with Crippen molar-refractivity contribution < 1.29 is 18.9 Å². The quantitative estimate of drug-likeness (QED) is 0.133. The van der Waals surface area contributed by atoms with Gasteiger partial charge < -0.3 is 18.9 Å². The zero-order valence-electron chi connectivity index (χ0n) is 27.9. The lowest BCUT2D eigenvalue weighted by molar-refractivity contribution is 0.448. The number of aromatic nitrogens is 6. The highest BCUT2D eigenvalue weighted by molar-refractivity contribution is 6.09. The molecule has 0 unspecified atom stereocenters. The second-order valence-electron chi connectivity index (χ2n) is 11.7. The molecule has 8 aromatic rings. The van der Waals surface area contributed by atoms with E-state index in [0.29, 0.717) is 52.2 Å². The van der Waals surface area contributed by atoms with Gasteiger partial charge in [-0.2, -0.15) is 0 Å². The third-order valence-electron chi connectivity index (χ3n) is 8.33. The highest BCUT2D eigenvalue weighted by Gasteiger charge is 2.17. The summed E-state index contributed by atoms with van der Waals surface area (Å²) >= 11 is 0. The molecule has 10 nitrogen and oxygen atoms in total. The van der Waals surface area contributed by atoms with Crippen LogP contribution in [-0.2, 0) is 12.8 Å². The fourth-order valence-electron chi connectivity index (χ4n) is 5.84. The molecule has 0 spiro atoms. The average Bonchev–Trinajstić information content (AvgIpc) is 3.48. The first-order chi connectivity index (χ1) is 25.1. The van der Waals surface area contributed by atoms with Crippen molar-refractivity contribution in [2.45, 2.75) is 26.7 Å². The molecule has 0 aliphatic carbocycles. The molecule has 0 atom stereocenters. The molecular formula is C41H32N6O4. The second kappa shape index (κ2) is 14.0. The predicted octanol–water partition coefficient (Wildman–Crippen LogP) is 10.1. The fraction of sp³-hybridized carbons (Fsp3) is 0.0976. The smallest absolute Gasteiger partial charge is 0.237 e. The molecule has 0 N–H and O–H groups in total. The lowest BCUT2D eigenvalue weighted by atomic mass is 10.1. The van der Waals surface area contributed by atoms with Crippen LogP contribution in [0.15, 0.2) is 134 Å². The SMILES string of the molecule is CCc1ccnc(Oc2cccc(Oc3ccc4c5ccc(Oc6cccc(Oc7cc(CC)ccn7)c6)cc5n(-c5ncncn5)c4c3)c2)c1. The Kier molecular flexibility index (Phi) is 8.62. The largest absolute Gasteiger partial charge is 0.457 e. The Balaban J connectivity index is 1.10. The van der Waals surface area contributed by atoms with E-state index in [1.807, 2.05) is 114 Å². The number of benzene rings is 4. The number of pyridine rings is 2. The normalized spacial score (nSPS) is 11.1. The molecule has 0 aliphatic heterocycles. The van der Waals surface area contributed by atoms with E-state index in [9.17, 15) is 0 Å². The maximum atomic E-state index is 6.36. The Morgan fingerprint density at radius 1 is 0.471 bits per heavy atom. The minimum absolute atomic E-state index is 0.466. The van der Waals surface area contributed by atoms with Gasteiger partial charge in [-0.1, -0.05) is 26.0 Å². The Bertz CT molecular complexity index is 2330. The van der Waals surface area contributed by atoms with E-state index in [4.69, 9.17) is 18.9 Å². The van der Waals surface area contributed by atoms with Gasteiger partial charge in [-0.25, -0.2) is 24.9 Å². The van der Waals surface area contributed by atoms with Crippen LogP contribution in [0.4, 0.5) is 0 Å². The molecule has 0 aliphatic rings. The number of ether oxygens (including phenoxy) is 4. The lowest BCUT2D eigenvalue weighted by Crippen LogP contribution is -2.01. The Hall–Kier alpha value is -6.81. The van der Waals surface area contributed by atoms with Crippen molar-refractivity contribution in [3.05, 3.63) is 145 Å². The summed E-state index contributed by atoms with van der Waals surface area (Å²) in [6, 6.07) is 34.7. The second-order valence-corrected chi connectivity index (χ2v) is 11.7. The maximum absolute atomic E-state index is 6.36. The van der Waals surface area contributed by atoms with Crippen LogP contribution < -0.4 is 18.9 Å². The third-order valence-corrected chi connectivity index (χ3v) is 8.33. The molecule has 250 valence electrons. The third kappa shape index (κ3) is 6.88. The summed E-state index contributed by atoms with van der Waals surface area (Å²) in [5.41, 5.74) is 4.02. The molecule has 0 radical (unpaired) electrons. The highest BCUT2D eigenvalue weighted by atomic mass is 16.5. The lowest BCUT2D eigenvalue weighted by Gasteiger charge is -2.11. The van der Waals surface area contributed by atoms with Gasteiger partial charge in [0.15, 0.2) is 0 Å². The van der Waals surface area contributed by atoms with Crippen molar-refractivity contribution in [3.63, 3.8) is 0 Å². The van der Waals surface area contributed by atoms with Gasteiger partial charge in [0, 0.05) is 59.6 Å². The van der Waals surface area contributed by atoms with E-state index in [1.54, 1.807) is 12.4 Å². The van der Waals surface area contributed by atoms with Gasteiger partial charge in [0.05, 0.1) is 11.0 Å². The van der Waals surface area contributed by atoms with Gasteiger partial charge >= 0.3 is 0 Å². The van der Waals surface area contributed by atoms with Crippen LogP contribution in [0.2, 0.25) is 0 Å². The highest BCUT2D eigenvalue weighted by Crippen LogP contribution is 2.38. The number of fused-ring (bicyclic) bond motifs is 3. The number of hydrogen-bond donors (Lipinski definition) is 0. The molecule has 0 saturated carbocycles. The van der Waals surface area contributed by atoms with Crippen LogP contribution in [0.5, 0.6) is 46.3 Å². The Morgan fingerprint density at radius 2 is 0.922 bits per heavy atom. The number of hydrogen-bond acceptors (Lipinski definition) is 9. The number of aryl methyl sites for hydroxylation is 2. The van der Waals surface area contributed by atoms with Crippen molar-refractivity contribution in [2.75, 3.05) is 0 Å². The monoisotopic (exact) mass is 672 g/mol. The van der Waals surface area contributed by atoms with Crippen molar-refractivity contribution >= 4 is 21.8 Å². The summed E-state index contributed by atoms with van der Waals surface area (Å²) in [4.78, 5) is 21.7. The molecule has 0 fully saturated rings. The van der Waals surface area contributed by atoms with Gasteiger partial charge in [-0.3, -0.25) is 4.57 Å². The average molecular weight is 673 g/mol. The summed E-state index contributed by atoms with van der Waals surface area (Å²) < 4.78 is 26.8. The first-order valence-corrected chi connectivity index (χ1v) is 16.6. The van der Waals surface area contributed by atoms with E-state index in [0.717, 1.165) is 45.8 Å². The molecule has 0 saturated heterocycles.